The third-order valence-corrected chi connectivity index (χ3v) is 4.46. The number of hydrogen-bond acceptors (Lipinski definition) is 2. The Morgan fingerprint density at radius 2 is 1.90 bits per heavy atom. The van der Waals surface area contributed by atoms with E-state index in [-0.39, 0.29) is 6.61 Å². The van der Waals surface area contributed by atoms with Crippen LogP contribution in [0.25, 0.3) is 0 Å². The lowest BCUT2D eigenvalue weighted by molar-refractivity contribution is -0.144. The van der Waals surface area contributed by atoms with Crippen LogP contribution in [0.2, 0.25) is 10.0 Å². The fourth-order valence-electron chi connectivity index (χ4n) is 2.43. The summed E-state index contributed by atoms with van der Waals surface area (Å²) >= 11 is 12.3. The lowest BCUT2D eigenvalue weighted by Gasteiger charge is -2.30. The molecule has 0 saturated carbocycles. The van der Waals surface area contributed by atoms with Crippen LogP contribution in [0, 0.1) is 0 Å². The molecule has 0 radical (unpaired) electrons. The second-order valence-electron chi connectivity index (χ2n) is 4.93. The van der Waals surface area contributed by atoms with E-state index < -0.39 is 11.4 Å². The van der Waals surface area contributed by atoms with Gasteiger partial charge >= 0.3 is 5.97 Å². The van der Waals surface area contributed by atoms with Crippen molar-refractivity contribution in [3.63, 3.8) is 0 Å². The molecule has 1 aromatic carbocycles. The van der Waals surface area contributed by atoms with Crippen molar-refractivity contribution >= 4 is 29.2 Å². The van der Waals surface area contributed by atoms with Crippen LogP contribution in [-0.4, -0.2) is 16.2 Å². The molecule has 0 heterocycles. The van der Waals surface area contributed by atoms with Crippen LogP contribution in [0.5, 0.6) is 0 Å². The smallest absolute Gasteiger partial charge is 0.314 e. The van der Waals surface area contributed by atoms with Crippen LogP contribution in [0.15, 0.2) is 12.1 Å². The largest absolute Gasteiger partial charge is 0.481 e. The van der Waals surface area contributed by atoms with E-state index in [0.29, 0.717) is 34.0 Å². The maximum absolute atomic E-state index is 11.8. The van der Waals surface area contributed by atoms with Crippen molar-refractivity contribution in [3.8, 4) is 0 Å². The normalized spacial score (nSPS) is 14.1. The van der Waals surface area contributed by atoms with Gasteiger partial charge in [-0.05, 0) is 36.1 Å². The summed E-state index contributed by atoms with van der Waals surface area (Å²) in [7, 11) is 0. The number of aliphatic hydroxyl groups excluding tert-OH is 1. The Balaban J connectivity index is 3.40. The maximum atomic E-state index is 11.8. The van der Waals surface area contributed by atoms with Crippen molar-refractivity contribution in [1.29, 1.82) is 0 Å². The van der Waals surface area contributed by atoms with Gasteiger partial charge in [0.15, 0.2) is 0 Å². The van der Waals surface area contributed by atoms with E-state index >= 15 is 0 Å². The van der Waals surface area contributed by atoms with Crippen LogP contribution >= 0.6 is 23.2 Å². The van der Waals surface area contributed by atoms with E-state index in [1.54, 1.807) is 12.1 Å². The highest BCUT2D eigenvalue weighted by Gasteiger charge is 2.40. The number of rotatable bonds is 7. The number of hydrogen-bond donors (Lipinski definition) is 2. The Bertz CT molecular complexity index is 488. The van der Waals surface area contributed by atoms with Crippen LogP contribution < -0.4 is 0 Å². The number of carboxylic acids is 1. The zero-order chi connectivity index (χ0) is 15.3. The van der Waals surface area contributed by atoms with E-state index in [1.807, 2.05) is 13.8 Å². The molecule has 1 unspecified atom stereocenters. The van der Waals surface area contributed by atoms with E-state index in [2.05, 4.69) is 0 Å². The van der Waals surface area contributed by atoms with Gasteiger partial charge < -0.3 is 10.2 Å². The van der Waals surface area contributed by atoms with Crippen molar-refractivity contribution in [3.05, 3.63) is 33.3 Å². The van der Waals surface area contributed by atoms with Gasteiger partial charge in [-0.25, -0.2) is 0 Å². The minimum absolute atomic E-state index is 0.222. The number of aliphatic hydroxyl groups is 1. The van der Waals surface area contributed by atoms with E-state index in [1.165, 1.54) is 0 Å². The van der Waals surface area contributed by atoms with Crippen molar-refractivity contribution in [2.24, 2.45) is 0 Å². The molecular formula is C15H20Cl2O3. The second-order valence-corrected chi connectivity index (χ2v) is 5.74. The van der Waals surface area contributed by atoms with E-state index in [0.717, 1.165) is 12.8 Å². The van der Waals surface area contributed by atoms with Crippen molar-refractivity contribution in [1.82, 2.24) is 0 Å². The monoisotopic (exact) mass is 318 g/mol. The van der Waals surface area contributed by atoms with Crippen LogP contribution in [0.4, 0.5) is 0 Å². The first-order valence-corrected chi connectivity index (χ1v) is 7.51. The average molecular weight is 319 g/mol. The Labute approximate surface area is 129 Å². The molecule has 0 amide bonds. The molecule has 0 saturated heterocycles. The molecule has 0 bridgehead atoms. The summed E-state index contributed by atoms with van der Waals surface area (Å²) in [6, 6.07) is 3.14. The van der Waals surface area contributed by atoms with Crippen LogP contribution in [-0.2, 0) is 16.8 Å². The summed E-state index contributed by atoms with van der Waals surface area (Å²) in [5.74, 6) is -0.886. The number of aliphatic carboxylic acids is 1. The highest BCUT2D eigenvalue weighted by atomic mass is 35.5. The lowest BCUT2D eigenvalue weighted by Crippen LogP contribution is -2.35. The third-order valence-electron chi connectivity index (χ3n) is 3.79. The minimum atomic E-state index is -1.02. The molecule has 1 rings (SSSR count). The first-order chi connectivity index (χ1) is 9.42. The highest BCUT2D eigenvalue weighted by Crippen LogP contribution is 2.40. The molecule has 3 nitrogen and oxygen atoms in total. The second kappa shape index (κ2) is 7.30. The lowest BCUT2D eigenvalue weighted by atomic mass is 9.74. The van der Waals surface area contributed by atoms with E-state index in [9.17, 15) is 15.0 Å². The van der Waals surface area contributed by atoms with Gasteiger partial charge in [0.05, 0.1) is 12.0 Å². The van der Waals surface area contributed by atoms with Gasteiger partial charge in [-0.15, -0.1) is 0 Å². The Morgan fingerprint density at radius 1 is 1.25 bits per heavy atom. The molecule has 0 spiro atoms. The summed E-state index contributed by atoms with van der Waals surface area (Å²) in [6.45, 7) is 3.64. The van der Waals surface area contributed by atoms with Gasteiger partial charge in [0, 0.05) is 10.0 Å². The Morgan fingerprint density at radius 3 is 2.35 bits per heavy atom. The summed E-state index contributed by atoms with van der Waals surface area (Å²) in [4.78, 5) is 11.8. The Kier molecular flexibility index (Phi) is 6.31. The first kappa shape index (κ1) is 17.3. The quantitative estimate of drug-likeness (QED) is 0.783. The molecule has 1 atom stereocenters. The molecule has 0 aromatic heterocycles. The fourth-order valence-corrected chi connectivity index (χ4v) is 3.02. The molecule has 0 aliphatic rings. The predicted molar refractivity (Wildman–Crippen MR) is 81.5 cm³/mol. The molecule has 0 aliphatic heterocycles. The number of halogens is 2. The number of carboxylic acid groups (broad SMARTS) is 1. The number of benzene rings is 1. The molecule has 0 fully saturated rings. The van der Waals surface area contributed by atoms with Crippen molar-refractivity contribution in [2.45, 2.75) is 51.6 Å². The number of unbranched alkanes of at least 4 members (excludes halogenated alkanes) is 1. The molecule has 20 heavy (non-hydrogen) atoms. The molecule has 5 heteroatoms. The maximum Gasteiger partial charge on any atom is 0.314 e. The Hall–Kier alpha value is -0.770. The van der Waals surface area contributed by atoms with Gasteiger partial charge in [0.2, 0.25) is 0 Å². The van der Waals surface area contributed by atoms with Gasteiger partial charge in [-0.1, -0.05) is 49.9 Å². The molecule has 1 aromatic rings. The SMILES string of the molecule is CCCCC(CC)(C(=O)O)c1cc(Cl)c(CO)cc1Cl. The summed E-state index contributed by atoms with van der Waals surface area (Å²) in [5, 5.41) is 19.6. The van der Waals surface area contributed by atoms with Crippen LogP contribution in [0.1, 0.15) is 50.7 Å². The van der Waals surface area contributed by atoms with Gasteiger partial charge in [-0.2, -0.15) is 0 Å². The predicted octanol–water partition coefficient (Wildman–Crippen LogP) is 4.41. The van der Waals surface area contributed by atoms with Gasteiger partial charge in [-0.3, -0.25) is 4.79 Å². The van der Waals surface area contributed by atoms with E-state index in [4.69, 9.17) is 23.2 Å². The van der Waals surface area contributed by atoms with Gasteiger partial charge in [0.25, 0.3) is 0 Å². The fraction of sp³-hybridized carbons (Fsp3) is 0.533. The molecular weight excluding hydrogens is 299 g/mol. The summed E-state index contributed by atoms with van der Waals surface area (Å²) in [5.41, 5.74) is 0.0150. The van der Waals surface area contributed by atoms with Gasteiger partial charge in [0.1, 0.15) is 0 Å². The summed E-state index contributed by atoms with van der Waals surface area (Å²) < 4.78 is 0. The topological polar surface area (TPSA) is 57.5 Å². The molecule has 112 valence electrons. The zero-order valence-electron chi connectivity index (χ0n) is 11.7. The zero-order valence-corrected chi connectivity index (χ0v) is 13.3. The molecule has 2 N–H and O–H groups in total. The standard InChI is InChI=1S/C15H20Cl2O3/c1-3-5-6-15(4-2,14(19)20)11-8-12(16)10(9-18)7-13(11)17/h7-8,18H,3-6,9H2,1-2H3,(H,19,20). The third kappa shape index (κ3) is 3.27. The number of carbonyl (C=O) groups is 1. The van der Waals surface area contributed by atoms with Crippen LogP contribution in [0.3, 0.4) is 0 Å². The molecule has 0 aliphatic carbocycles. The minimum Gasteiger partial charge on any atom is -0.481 e. The summed E-state index contributed by atoms with van der Waals surface area (Å²) in [6.07, 6.45) is 2.67. The average Bonchev–Trinajstić information content (AvgIpc) is 2.42. The highest BCUT2D eigenvalue weighted by molar-refractivity contribution is 6.34. The van der Waals surface area contributed by atoms with Crippen molar-refractivity contribution in [2.75, 3.05) is 0 Å². The van der Waals surface area contributed by atoms with Crippen molar-refractivity contribution < 1.29 is 15.0 Å². The first-order valence-electron chi connectivity index (χ1n) is 6.75.